The zero-order chi connectivity index (χ0) is 21.0. The maximum absolute atomic E-state index is 14.6. The van der Waals surface area contributed by atoms with Crippen LogP contribution in [0.3, 0.4) is 0 Å². The van der Waals surface area contributed by atoms with E-state index in [0.29, 0.717) is 17.7 Å². The van der Waals surface area contributed by atoms with Gasteiger partial charge in [0, 0.05) is 30.7 Å². The fourth-order valence-corrected chi connectivity index (χ4v) is 4.77. The number of halogens is 1. The molecule has 0 saturated carbocycles. The molecule has 0 spiro atoms. The molecule has 0 aliphatic rings. The summed E-state index contributed by atoms with van der Waals surface area (Å²) >= 11 is 0. The van der Waals surface area contributed by atoms with E-state index in [9.17, 15) is 12.8 Å². The van der Waals surface area contributed by atoms with Crippen molar-refractivity contribution in [2.75, 3.05) is 7.05 Å². The van der Waals surface area contributed by atoms with Gasteiger partial charge in [-0.2, -0.15) is 5.26 Å². The summed E-state index contributed by atoms with van der Waals surface area (Å²) in [6, 6.07) is 10.7. The zero-order valence-corrected chi connectivity index (χ0v) is 16.5. The summed E-state index contributed by atoms with van der Waals surface area (Å²) in [5, 5.41) is 11.0. The Morgan fingerprint density at radius 3 is 2.79 bits per heavy atom. The molecule has 8 heteroatoms. The minimum atomic E-state index is -4.04. The molecule has 0 aliphatic carbocycles. The van der Waals surface area contributed by atoms with Gasteiger partial charge in [0.05, 0.1) is 17.3 Å². The van der Waals surface area contributed by atoms with Crippen molar-refractivity contribution in [3.05, 3.63) is 90.2 Å². The largest absolute Gasteiger partial charge is 0.316 e. The molecule has 1 unspecified atom stereocenters. The number of nitrogens with zero attached hydrogens (tertiary/aromatic N) is 3. The molecule has 1 atom stereocenters. The van der Waals surface area contributed by atoms with Gasteiger partial charge in [0.25, 0.3) is 0 Å². The van der Waals surface area contributed by atoms with Crippen molar-refractivity contribution in [3.63, 3.8) is 0 Å². The molecule has 0 radical (unpaired) electrons. The third-order valence-electron chi connectivity index (χ3n) is 4.42. The topological polar surface area (TPSA) is 87.8 Å². The van der Waals surface area contributed by atoms with Gasteiger partial charge < -0.3 is 5.32 Å². The van der Waals surface area contributed by atoms with Crippen LogP contribution in [0.5, 0.6) is 0 Å². The van der Waals surface area contributed by atoms with Crippen LogP contribution in [0.2, 0.25) is 0 Å². The van der Waals surface area contributed by atoms with E-state index in [1.165, 1.54) is 30.6 Å². The van der Waals surface area contributed by atoms with Crippen LogP contribution in [0.4, 0.5) is 4.39 Å². The maximum Gasteiger partial charge on any atom is 0.249 e. The Morgan fingerprint density at radius 1 is 1.38 bits per heavy atom. The number of hydrogen-bond acceptors (Lipinski definition) is 5. The second-order valence-electron chi connectivity index (χ2n) is 6.35. The lowest BCUT2D eigenvalue weighted by Crippen LogP contribution is -2.20. The SMILES string of the molecule is C=CC(c1cccnc1)S(=O)(=O)n1cc(CNC)cc1-c1cc(C#N)ccc1F. The average Bonchev–Trinajstić information content (AvgIpc) is 3.14. The standard InChI is InChI=1S/C21H19FN4O2S/c1-3-21(17-5-4-8-25-13-17)29(27,28)26-14-16(12-24-2)10-20(26)18-9-15(11-23)6-7-19(18)22/h3-10,13-14,21,24H,1,12H2,2H3. The van der Waals surface area contributed by atoms with Gasteiger partial charge in [-0.15, -0.1) is 6.58 Å². The first-order chi connectivity index (χ1) is 13.9. The highest BCUT2D eigenvalue weighted by atomic mass is 32.2. The highest BCUT2D eigenvalue weighted by Crippen LogP contribution is 2.33. The third kappa shape index (κ3) is 3.97. The van der Waals surface area contributed by atoms with Crippen molar-refractivity contribution in [2.45, 2.75) is 11.8 Å². The predicted molar refractivity (Wildman–Crippen MR) is 109 cm³/mol. The minimum absolute atomic E-state index is 0.0315. The van der Waals surface area contributed by atoms with Crippen molar-refractivity contribution in [2.24, 2.45) is 0 Å². The van der Waals surface area contributed by atoms with E-state index >= 15 is 0 Å². The van der Waals surface area contributed by atoms with E-state index in [1.54, 1.807) is 31.4 Å². The molecule has 29 heavy (non-hydrogen) atoms. The maximum atomic E-state index is 14.6. The second kappa shape index (κ2) is 8.39. The quantitative estimate of drug-likeness (QED) is 0.603. The molecule has 1 aromatic carbocycles. The highest BCUT2D eigenvalue weighted by Gasteiger charge is 2.29. The van der Waals surface area contributed by atoms with Crippen LogP contribution < -0.4 is 5.32 Å². The summed E-state index contributed by atoms with van der Waals surface area (Å²) in [5.41, 5.74) is 1.50. The zero-order valence-electron chi connectivity index (χ0n) is 15.7. The molecule has 0 saturated heterocycles. The lowest BCUT2D eigenvalue weighted by atomic mass is 10.1. The van der Waals surface area contributed by atoms with Crippen molar-refractivity contribution < 1.29 is 12.8 Å². The predicted octanol–water partition coefficient (Wildman–Crippen LogP) is 3.39. The number of hydrogen-bond donors (Lipinski definition) is 1. The van der Waals surface area contributed by atoms with Gasteiger partial charge in [-0.1, -0.05) is 12.1 Å². The second-order valence-corrected chi connectivity index (χ2v) is 8.28. The molecule has 3 rings (SSSR count). The third-order valence-corrected chi connectivity index (χ3v) is 6.37. The number of aromatic nitrogens is 2. The fraction of sp³-hybridized carbons (Fsp3) is 0.143. The molecule has 0 aliphatic heterocycles. The van der Waals surface area contributed by atoms with Gasteiger partial charge in [-0.3, -0.25) is 4.98 Å². The van der Waals surface area contributed by atoms with Crippen LogP contribution in [-0.2, 0) is 16.6 Å². The van der Waals surface area contributed by atoms with E-state index < -0.39 is 21.1 Å². The summed E-state index contributed by atoms with van der Waals surface area (Å²) < 4.78 is 42.6. The van der Waals surface area contributed by atoms with E-state index in [1.807, 2.05) is 6.07 Å². The summed E-state index contributed by atoms with van der Waals surface area (Å²) in [6.07, 6.45) is 5.77. The summed E-state index contributed by atoms with van der Waals surface area (Å²) in [7, 11) is -2.31. The molecule has 0 amide bonds. The summed E-state index contributed by atoms with van der Waals surface area (Å²) in [4.78, 5) is 3.99. The Kier molecular flexibility index (Phi) is 5.92. The van der Waals surface area contributed by atoms with E-state index in [4.69, 9.17) is 5.26 Å². The molecule has 148 valence electrons. The van der Waals surface area contributed by atoms with Gasteiger partial charge in [0.1, 0.15) is 11.1 Å². The first-order valence-corrected chi connectivity index (χ1v) is 10.3. The van der Waals surface area contributed by atoms with Crippen LogP contribution in [0.15, 0.2) is 67.6 Å². The first-order valence-electron chi connectivity index (χ1n) is 8.75. The van der Waals surface area contributed by atoms with Crippen molar-refractivity contribution in [1.29, 1.82) is 5.26 Å². The smallest absolute Gasteiger partial charge is 0.249 e. The Morgan fingerprint density at radius 2 is 2.17 bits per heavy atom. The van der Waals surface area contributed by atoms with Crippen LogP contribution >= 0.6 is 0 Å². The van der Waals surface area contributed by atoms with Gasteiger partial charge in [0.15, 0.2) is 0 Å². The number of benzene rings is 1. The average molecular weight is 410 g/mol. The van der Waals surface area contributed by atoms with Crippen LogP contribution in [0.25, 0.3) is 11.3 Å². The van der Waals surface area contributed by atoms with Gasteiger partial charge in [0.2, 0.25) is 10.0 Å². The lowest BCUT2D eigenvalue weighted by Gasteiger charge is -2.17. The van der Waals surface area contributed by atoms with Crippen molar-refractivity contribution in [3.8, 4) is 17.3 Å². The monoisotopic (exact) mass is 410 g/mol. The number of nitriles is 1. The normalized spacial score (nSPS) is 12.3. The number of rotatable bonds is 7. The van der Waals surface area contributed by atoms with E-state index in [-0.39, 0.29) is 16.8 Å². The van der Waals surface area contributed by atoms with Crippen LogP contribution in [0.1, 0.15) is 21.9 Å². The number of pyridine rings is 1. The molecule has 0 fully saturated rings. The summed E-state index contributed by atoms with van der Waals surface area (Å²) in [6.45, 7) is 4.06. The first kappa shape index (κ1) is 20.5. The number of nitrogens with one attached hydrogen (secondary N) is 1. The van der Waals surface area contributed by atoms with Crippen molar-refractivity contribution in [1.82, 2.24) is 14.3 Å². The molecule has 2 aromatic heterocycles. The molecular formula is C21H19FN4O2S. The molecule has 1 N–H and O–H groups in total. The van der Waals surface area contributed by atoms with Crippen LogP contribution in [0, 0.1) is 17.1 Å². The Bertz CT molecular complexity index is 1180. The van der Waals surface area contributed by atoms with Gasteiger partial charge in [-0.05, 0) is 48.5 Å². The lowest BCUT2D eigenvalue weighted by molar-refractivity contribution is 0.581. The fourth-order valence-electron chi connectivity index (χ4n) is 3.09. The Balaban J connectivity index is 2.24. The molecule has 2 heterocycles. The Labute approximate surface area is 169 Å². The molecule has 0 bridgehead atoms. The van der Waals surface area contributed by atoms with Gasteiger partial charge in [-0.25, -0.2) is 16.8 Å². The Hall–Kier alpha value is -3.28. The van der Waals surface area contributed by atoms with E-state index in [0.717, 1.165) is 10.0 Å². The summed E-state index contributed by atoms with van der Waals surface area (Å²) in [5.74, 6) is -0.619. The van der Waals surface area contributed by atoms with Crippen LogP contribution in [-0.4, -0.2) is 24.4 Å². The molecule has 6 nitrogen and oxygen atoms in total. The van der Waals surface area contributed by atoms with Crippen molar-refractivity contribution >= 4 is 10.0 Å². The molecular weight excluding hydrogens is 391 g/mol. The minimum Gasteiger partial charge on any atom is -0.316 e. The van der Waals surface area contributed by atoms with E-state index in [2.05, 4.69) is 16.9 Å². The van der Waals surface area contributed by atoms with Gasteiger partial charge >= 0.3 is 0 Å². The molecule has 3 aromatic rings. The highest BCUT2D eigenvalue weighted by molar-refractivity contribution is 7.90.